The first-order valence-electron chi connectivity index (χ1n) is 14.7. The third-order valence-corrected chi connectivity index (χ3v) is 9.45. The Hall–Kier alpha value is -4.17. The van der Waals surface area contributed by atoms with E-state index in [9.17, 15) is 9.59 Å². The number of nitrogens with zero attached hydrogens (tertiary/aromatic N) is 5. The highest BCUT2D eigenvalue weighted by molar-refractivity contribution is 6.01. The van der Waals surface area contributed by atoms with Gasteiger partial charge < -0.3 is 24.6 Å². The van der Waals surface area contributed by atoms with E-state index in [1.807, 2.05) is 46.5 Å². The number of rotatable bonds is 4. The van der Waals surface area contributed by atoms with Gasteiger partial charge >= 0.3 is 0 Å². The van der Waals surface area contributed by atoms with Gasteiger partial charge in [-0.15, -0.1) is 0 Å². The molecule has 3 saturated heterocycles. The van der Waals surface area contributed by atoms with Crippen molar-refractivity contribution in [2.45, 2.75) is 19.3 Å². The van der Waals surface area contributed by atoms with E-state index in [1.165, 1.54) is 5.69 Å². The van der Waals surface area contributed by atoms with Crippen LogP contribution in [0.1, 0.15) is 29.6 Å². The largest absolute Gasteiger partial charge is 0.369 e. The van der Waals surface area contributed by atoms with Crippen molar-refractivity contribution in [2.75, 3.05) is 62.7 Å². The second kappa shape index (κ2) is 10.3. The maximum absolute atomic E-state index is 13.7. The van der Waals surface area contributed by atoms with Gasteiger partial charge in [0.05, 0.1) is 5.41 Å². The number of H-pyrrole nitrogens is 1. The van der Waals surface area contributed by atoms with Crippen LogP contribution in [0.5, 0.6) is 0 Å². The Balaban J connectivity index is 0.987. The van der Waals surface area contributed by atoms with Crippen LogP contribution in [0.2, 0.25) is 0 Å². The second-order valence-electron chi connectivity index (χ2n) is 11.8. The van der Waals surface area contributed by atoms with Crippen molar-refractivity contribution >= 4 is 34.2 Å². The molecule has 5 heterocycles. The minimum absolute atomic E-state index is 0.0651. The Bertz CT molecular complexity index is 1560. The van der Waals surface area contributed by atoms with Gasteiger partial charge in [-0.2, -0.15) is 0 Å². The molecule has 0 aliphatic carbocycles. The average molecular weight is 549 g/mol. The molecular formula is C33H36N6O2. The van der Waals surface area contributed by atoms with Crippen LogP contribution in [0.25, 0.3) is 22.2 Å². The first-order valence-corrected chi connectivity index (χ1v) is 14.7. The summed E-state index contributed by atoms with van der Waals surface area (Å²) in [6.07, 6.45) is 5.99. The van der Waals surface area contributed by atoms with Crippen LogP contribution in [0.4, 0.5) is 11.4 Å². The molecule has 210 valence electrons. The fourth-order valence-corrected chi connectivity index (χ4v) is 6.76. The molecule has 2 amide bonds. The molecule has 8 heteroatoms. The molecule has 4 aromatic rings. The number of nitrogens with one attached hydrogen (secondary N) is 1. The molecule has 8 nitrogen and oxygen atoms in total. The topological polar surface area (TPSA) is 75.8 Å². The fraction of sp³-hybridized carbons (Fsp3) is 0.364. The summed E-state index contributed by atoms with van der Waals surface area (Å²) in [5, 5.41) is 1.09. The van der Waals surface area contributed by atoms with Gasteiger partial charge in [-0.1, -0.05) is 12.1 Å². The van der Waals surface area contributed by atoms with E-state index in [0.29, 0.717) is 25.9 Å². The van der Waals surface area contributed by atoms with E-state index in [0.717, 1.165) is 72.6 Å². The van der Waals surface area contributed by atoms with Gasteiger partial charge in [0.2, 0.25) is 5.91 Å². The number of carbonyl (C=O) groups excluding carboxylic acids is 2. The molecule has 2 aromatic heterocycles. The zero-order valence-electron chi connectivity index (χ0n) is 23.6. The predicted octanol–water partition coefficient (Wildman–Crippen LogP) is 4.64. The summed E-state index contributed by atoms with van der Waals surface area (Å²) in [5.41, 5.74) is 5.57. The molecule has 0 unspecified atom stereocenters. The maximum Gasteiger partial charge on any atom is 0.253 e. The number of piperidine rings is 1. The summed E-state index contributed by atoms with van der Waals surface area (Å²) in [6, 6.07) is 20.4. The average Bonchev–Trinajstić information content (AvgIpc) is 3.63. The minimum Gasteiger partial charge on any atom is -0.369 e. The molecule has 1 spiro atoms. The lowest BCUT2D eigenvalue weighted by Gasteiger charge is -2.38. The molecular weight excluding hydrogens is 512 g/mol. The second-order valence-corrected chi connectivity index (χ2v) is 11.8. The van der Waals surface area contributed by atoms with Crippen molar-refractivity contribution in [2.24, 2.45) is 5.41 Å². The summed E-state index contributed by atoms with van der Waals surface area (Å²) >= 11 is 0. The molecule has 0 bridgehead atoms. The van der Waals surface area contributed by atoms with Gasteiger partial charge in [0.15, 0.2) is 0 Å². The van der Waals surface area contributed by atoms with Crippen LogP contribution in [0, 0.1) is 5.41 Å². The van der Waals surface area contributed by atoms with Crippen molar-refractivity contribution in [1.29, 1.82) is 0 Å². The number of fused-ring (bicyclic) bond motifs is 1. The van der Waals surface area contributed by atoms with Gasteiger partial charge in [0.1, 0.15) is 5.65 Å². The number of hydrogen-bond acceptors (Lipinski definition) is 5. The van der Waals surface area contributed by atoms with Crippen LogP contribution < -0.4 is 9.80 Å². The van der Waals surface area contributed by atoms with Crippen LogP contribution in [-0.4, -0.2) is 84.4 Å². The summed E-state index contributed by atoms with van der Waals surface area (Å²) < 4.78 is 0. The van der Waals surface area contributed by atoms with Gasteiger partial charge in [-0.25, -0.2) is 4.98 Å². The van der Waals surface area contributed by atoms with Gasteiger partial charge in [-0.3, -0.25) is 9.59 Å². The van der Waals surface area contributed by atoms with E-state index >= 15 is 0 Å². The van der Waals surface area contributed by atoms with Crippen molar-refractivity contribution in [1.82, 2.24) is 19.8 Å². The predicted molar refractivity (Wildman–Crippen MR) is 162 cm³/mol. The van der Waals surface area contributed by atoms with Crippen LogP contribution in [-0.2, 0) is 4.79 Å². The number of likely N-dealkylation sites (N-methyl/N-ethyl adjacent to an activating group) is 1. The molecule has 41 heavy (non-hydrogen) atoms. The van der Waals surface area contributed by atoms with Crippen LogP contribution in [0.3, 0.4) is 0 Å². The monoisotopic (exact) mass is 548 g/mol. The Morgan fingerprint density at radius 2 is 1.49 bits per heavy atom. The summed E-state index contributed by atoms with van der Waals surface area (Å²) in [6.45, 7) is 6.08. The number of anilines is 2. The number of benzene rings is 2. The molecule has 2 aromatic carbocycles. The summed E-state index contributed by atoms with van der Waals surface area (Å²) in [4.78, 5) is 43.2. The number of pyridine rings is 1. The zero-order valence-corrected chi connectivity index (χ0v) is 23.6. The SMILES string of the molecule is CN1CCN(c2ccc(C(=O)N3CCC4(CC3)CCN(c3ccc(-c5ccnc6[nH]ccc56)cc3)C4=O)cc2)CC1. The first-order chi connectivity index (χ1) is 20.0. The Labute approximate surface area is 240 Å². The molecule has 3 fully saturated rings. The van der Waals surface area contributed by atoms with Crippen LogP contribution >= 0.6 is 0 Å². The Morgan fingerprint density at radius 1 is 0.805 bits per heavy atom. The van der Waals surface area contributed by atoms with Gasteiger partial charge in [0, 0.05) is 80.5 Å². The number of aromatic amines is 1. The lowest BCUT2D eigenvalue weighted by Crippen LogP contribution is -2.46. The van der Waals surface area contributed by atoms with E-state index in [1.54, 1.807) is 0 Å². The molecule has 3 aliphatic heterocycles. The van der Waals surface area contributed by atoms with E-state index < -0.39 is 0 Å². The van der Waals surface area contributed by atoms with Crippen molar-refractivity contribution in [3.05, 3.63) is 78.6 Å². The highest BCUT2D eigenvalue weighted by Gasteiger charge is 2.49. The third-order valence-electron chi connectivity index (χ3n) is 9.45. The molecule has 0 radical (unpaired) electrons. The lowest BCUT2D eigenvalue weighted by molar-refractivity contribution is -0.127. The van der Waals surface area contributed by atoms with E-state index in [-0.39, 0.29) is 17.2 Å². The number of likely N-dealkylation sites (tertiary alicyclic amines) is 1. The van der Waals surface area contributed by atoms with Crippen molar-refractivity contribution in [3.63, 3.8) is 0 Å². The van der Waals surface area contributed by atoms with Gasteiger partial charge in [-0.05, 0) is 86.0 Å². The summed E-state index contributed by atoms with van der Waals surface area (Å²) in [7, 11) is 2.15. The highest BCUT2D eigenvalue weighted by Crippen LogP contribution is 2.43. The van der Waals surface area contributed by atoms with Crippen molar-refractivity contribution < 1.29 is 9.59 Å². The number of amides is 2. The molecule has 0 saturated carbocycles. The standard InChI is InChI=1S/C33H36N6O2/c1-36-20-22-37(23-21-36)26-6-4-25(5-7-26)31(40)38-17-12-33(13-18-38)14-19-39(32(33)41)27-8-2-24(3-9-27)28-10-15-34-30-29(28)11-16-35-30/h2-11,15-16H,12-14,17-23H2,1H3,(H,34,35). The highest BCUT2D eigenvalue weighted by atomic mass is 16.2. The number of piperazine rings is 1. The molecule has 3 aliphatic rings. The first kappa shape index (κ1) is 25.8. The smallest absolute Gasteiger partial charge is 0.253 e. The third kappa shape index (κ3) is 4.66. The van der Waals surface area contributed by atoms with E-state index in [4.69, 9.17) is 0 Å². The Kier molecular flexibility index (Phi) is 6.50. The normalized spacial score (nSPS) is 19.4. The quantitative estimate of drug-likeness (QED) is 0.402. The van der Waals surface area contributed by atoms with Crippen LogP contribution in [0.15, 0.2) is 73.1 Å². The number of carbonyl (C=O) groups is 2. The van der Waals surface area contributed by atoms with Crippen molar-refractivity contribution in [3.8, 4) is 11.1 Å². The Morgan fingerprint density at radius 3 is 2.22 bits per heavy atom. The lowest BCUT2D eigenvalue weighted by atomic mass is 9.77. The minimum atomic E-state index is -0.372. The number of aromatic nitrogens is 2. The maximum atomic E-state index is 13.7. The zero-order chi connectivity index (χ0) is 28.0. The molecule has 0 atom stereocenters. The summed E-state index contributed by atoms with van der Waals surface area (Å²) in [5.74, 6) is 0.265. The molecule has 7 rings (SSSR count). The van der Waals surface area contributed by atoms with Gasteiger partial charge in [0.25, 0.3) is 5.91 Å². The fourth-order valence-electron chi connectivity index (χ4n) is 6.76. The molecule has 1 N–H and O–H groups in total. The van der Waals surface area contributed by atoms with E-state index in [2.05, 4.69) is 63.2 Å². The number of hydrogen-bond donors (Lipinski definition) is 1.